The fourth-order valence-corrected chi connectivity index (χ4v) is 5.07. The number of hydrogen-bond acceptors (Lipinski definition) is 4. The lowest BCUT2D eigenvalue weighted by Crippen LogP contribution is -2.12. The van der Waals surface area contributed by atoms with Crippen LogP contribution in [0.2, 0.25) is 0 Å². The Morgan fingerprint density at radius 2 is 1.79 bits per heavy atom. The van der Waals surface area contributed by atoms with Gasteiger partial charge in [-0.3, -0.25) is 4.79 Å². The molecule has 5 nitrogen and oxygen atoms in total. The third kappa shape index (κ3) is 4.19. The standard InChI is InChI=1S/C21H18I2O5/c1-10(2)12-4-5-17-14(6-12)19(11(3)28-17)20(26)13-7-15(22)21(16(23)8-13)27-9-18(24)25/h4-8,10H,9H2,1-3H3,(H,24,25). The van der Waals surface area contributed by atoms with Crippen molar-refractivity contribution in [3.05, 3.63) is 59.9 Å². The number of carboxylic acids is 1. The molecule has 1 aromatic heterocycles. The summed E-state index contributed by atoms with van der Waals surface area (Å²) in [7, 11) is 0. The van der Waals surface area contributed by atoms with E-state index >= 15 is 0 Å². The number of rotatable bonds is 6. The summed E-state index contributed by atoms with van der Waals surface area (Å²) in [5, 5.41) is 9.63. The van der Waals surface area contributed by atoms with Crippen LogP contribution in [0.25, 0.3) is 11.0 Å². The molecule has 0 amide bonds. The largest absolute Gasteiger partial charge is 0.480 e. The van der Waals surface area contributed by atoms with Gasteiger partial charge in [0, 0.05) is 10.9 Å². The molecule has 1 N–H and O–H groups in total. The van der Waals surface area contributed by atoms with Crippen molar-refractivity contribution < 1.29 is 23.8 Å². The molecule has 0 spiro atoms. The summed E-state index contributed by atoms with van der Waals surface area (Å²) in [6.45, 7) is 5.58. The van der Waals surface area contributed by atoms with E-state index in [0.717, 1.165) is 10.9 Å². The Bertz CT molecular complexity index is 1060. The molecule has 3 rings (SSSR count). The molecule has 146 valence electrons. The van der Waals surface area contributed by atoms with Gasteiger partial charge in [0.15, 0.2) is 12.4 Å². The van der Waals surface area contributed by atoms with Crippen LogP contribution in [0.15, 0.2) is 34.7 Å². The average molecular weight is 604 g/mol. The minimum absolute atomic E-state index is 0.127. The summed E-state index contributed by atoms with van der Waals surface area (Å²) in [5.41, 5.74) is 2.90. The van der Waals surface area contributed by atoms with Gasteiger partial charge in [0.05, 0.1) is 12.7 Å². The van der Waals surface area contributed by atoms with Crippen LogP contribution in [0.3, 0.4) is 0 Å². The fourth-order valence-electron chi connectivity index (χ4n) is 2.99. The van der Waals surface area contributed by atoms with Crippen LogP contribution < -0.4 is 4.74 Å². The van der Waals surface area contributed by atoms with E-state index in [1.54, 1.807) is 19.1 Å². The average Bonchev–Trinajstić information content (AvgIpc) is 2.94. The van der Waals surface area contributed by atoms with E-state index in [2.05, 4.69) is 59.0 Å². The number of halogens is 2. The number of ether oxygens (including phenoxy) is 1. The summed E-state index contributed by atoms with van der Waals surface area (Å²) in [4.78, 5) is 24.1. The van der Waals surface area contributed by atoms with Crippen molar-refractivity contribution in [1.82, 2.24) is 0 Å². The summed E-state index contributed by atoms with van der Waals surface area (Å²) in [5.74, 6) is 0.217. The van der Waals surface area contributed by atoms with Crippen molar-refractivity contribution in [3.8, 4) is 5.75 Å². The van der Waals surface area contributed by atoms with E-state index in [0.29, 0.717) is 41.3 Å². The molecule has 0 atom stereocenters. The van der Waals surface area contributed by atoms with E-state index in [9.17, 15) is 9.59 Å². The normalized spacial score (nSPS) is 11.2. The van der Waals surface area contributed by atoms with Crippen molar-refractivity contribution in [3.63, 3.8) is 0 Å². The monoisotopic (exact) mass is 604 g/mol. The van der Waals surface area contributed by atoms with Crippen LogP contribution in [-0.2, 0) is 4.79 Å². The quantitative estimate of drug-likeness (QED) is 0.286. The van der Waals surface area contributed by atoms with Crippen LogP contribution in [0.5, 0.6) is 5.75 Å². The summed E-state index contributed by atoms with van der Waals surface area (Å²) in [6, 6.07) is 9.37. The maximum atomic E-state index is 13.3. The van der Waals surface area contributed by atoms with E-state index in [1.165, 1.54) is 0 Å². The molecule has 0 saturated heterocycles. The van der Waals surface area contributed by atoms with Crippen LogP contribution in [0, 0.1) is 14.1 Å². The Balaban J connectivity index is 2.06. The molecule has 2 aromatic carbocycles. The number of ketones is 1. The minimum atomic E-state index is -1.05. The zero-order chi connectivity index (χ0) is 20.6. The lowest BCUT2D eigenvalue weighted by atomic mass is 9.96. The first-order chi connectivity index (χ1) is 13.2. The van der Waals surface area contributed by atoms with Crippen molar-refractivity contribution in [2.75, 3.05) is 6.61 Å². The van der Waals surface area contributed by atoms with Gasteiger partial charge in [-0.05, 0) is 87.9 Å². The highest BCUT2D eigenvalue weighted by atomic mass is 127. The molecule has 0 saturated carbocycles. The van der Waals surface area contributed by atoms with Crippen molar-refractivity contribution in [2.45, 2.75) is 26.7 Å². The second-order valence-corrected chi connectivity index (χ2v) is 9.05. The van der Waals surface area contributed by atoms with Crippen LogP contribution in [0.1, 0.15) is 47.0 Å². The van der Waals surface area contributed by atoms with Crippen molar-refractivity contribution in [2.24, 2.45) is 0 Å². The van der Waals surface area contributed by atoms with Crippen LogP contribution in [0.4, 0.5) is 0 Å². The van der Waals surface area contributed by atoms with Gasteiger partial charge in [-0.25, -0.2) is 4.79 Å². The third-order valence-electron chi connectivity index (χ3n) is 4.38. The van der Waals surface area contributed by atoms with Gasteiger partial charge >= 0.3 is 5.97 Å². The second-order valence-electron chi connectivity index (χ2n) is 6.72. The summed E-state index contributed by atoms with van der Waals surface area (Å²) >= 11 is 4.10. The maximum Gasteiger partial charge on any atom is 0.341 e. The first kappa shape index (κ1) is 21.1. The predicted molar refractivity (Wildman–Crippen MR) is 123 cm³/mol. The Hall–Kier alpha value is -1.62. The fraction of sp³-hybridized carbons (Fsp3) is 0.238. The first-order valence-electron chi connectivity index (χ1n) is 8.60. The van der Waals surface area contributed by atoms with Gasteiger partial charge in [0.25, 0.3) is 0 Å². The van der Waals surface area contributed by atoms with Gasteiger partial charge in [0.2, 0.25) is 0 Å². The predicted octanol–water partition coefficient (Wildman–Crippen LogP) is 5.77. The molecule has 1 heterocycles. The number of carbonyl (C=O) groups is 2. The topological polar surface area (TPSA) is 76.7 Å². The highest BCUT2D eigenvalue weighted by molar-refractivity contribution is 14.1. The number of carbonyl (C=O) groups excluding carboxylic acids is 1. The van der Waals surface area contributed by atoms with Gasteiger partial charge in [-0.2, -0.15) is 0 Å². The van der Waals surface area contributed by atoms with E-state index in [1.807, 2.05) is 18.2 Å². The van der Waals surface area contributed by atoms with Crippen molar-refractivity contribution in [1.29, 1.82) is 0 Å². The maximum absolute atomic E-state index is 13.3. The summed E-state index contributed by atoms with van der Waals surface area (Å²) in [6.07, 6.45) is 0. The lowest BCUT2D eigenvalue weighted by Gasteiger charge is -2.11. The third-order valence-corrected chi connectivity index (χ3v) is 5.98. The first-order valence-corrected chi connectivity index (χ1v) is 10.8. The molecule has 3 aromatic rings. The van der Waals surface area contributed by atoms with Gasteiger partial charge in [0.1, 0.15) is 17.1 Å². The molecule has 28 heavy (non-hydrogen) atoms. The van der Waals surface area contributed by atoms with Gasteiger partial charge in [-0.1, -0.05) is 19.9 Å². The Morgan fingerprint density at radius 3 is 2.36 bits per heavy atom. The van der Waals surface area contributed by atoms with Crippen LogP contribution >= 0.6 is 45.2 Å². The Labute approximate surface area is 189 Å². The van der Waals surface area contributed by atoms with Crippen LogP contribution in [-0.4, -0.2) is 23.5 Å². The Morgan fingerprint density at radius 1 is 1.14 bits per heavy atom. The van der Waals surface area contributed by atoms with E-state index in [-0.39, 0.29) is 5.78 Å². The molecule has 0 aliphatic rings. The number of hydrogen-bond donors (Lipinski definition) is 1. The van der Waals surface area contributed by atoms with Gasteiger partial charge < -0.3 is 14.3 Å². The zero-order valence-corrected chi connectivity index (χ0v) is 19.8. The minimum Gasteiger partial charge on any atom is -0.480 e. The number of furan rings is 1. The lowest BCUT2D eigenvalue weighted by molar-refractivity contribution is -0.139. The van der Waals surface area contributed by atoms with Gasteiger partial charge in [-0.15, -0.1) is 0 Å². The number of fused-ring (bicyclic) bond motifs is 1. The molecule has 0 fully saturated rings. The zero-order valence-electron chi connectivity index (χ0n) is 15.5. The number of benzene rings is 2. The number of aryl methyl sites for hydroxylation is 1. The highest BCUT2D eigenvalue weighted by Gasteiger charge is 2.22. The Kier molecular flexibility index (Phi) is 6.33. The van der Waals surface area contributed by atoms with E-state index in [4.69, 9.17) is 14.3 Å². The van der Waals surface area contributed by atoms with E-state index < -0.39 is 12.6 Å². The highest BCUT2D eigenvalue weighted by Crippen LogP contribution is 2.33. The molecule has 0 bridgehead atoms. The number of carboxylic acid groups (broad SMARTS) is 1. The molecular weight excluding hydrogens is 586 g/mol. The molecular formula is C21H18I2O5. The smallest absolute Gasteiger partial charge is 0.341 e. The molecule has 0 unspecified atom stereocenters. The second kappa shape index (κ2) is 8.40. The molecule has 0 aliphatic carbocycles. The summed E-state index contributed by atoms with van der Waals surface area (Å²) < 4.78 is 12.5. The SMILES string of the molecule is Cc1oc2ccc(C(C)C)cc2c1C(=O)c1cc(I)c(OCC(=O)O)c(I)c1. The van der Waals surface area contributed by atoms with Crippen molar-refractivity contribution >= 4 is 67.9 Å². The molecule has 7 heteroatoms. The molecule has 0 radical (unpaired) electrons. The number of aliphatic carboxylic acids is 1. The molecule has 0 aliphatic heterocycles.